The number of hydrogen-bond donors (Lipinski definition) is 2. The summed E-state index contributed by atoms with van der Waals surface area (Å²) in [6, 6.07) is 3.82. The number of nitrogens with one attached hydrogen (secondary N) is 1. The zero-order chi connectivity index (χ0) is 12.0. The van der Waals surface area contributed by atoms with Crippen molar-refractivity contribution < 1.29 is 26.3 Å². The number of aryl methyl sites for hydroxylation is 1. The Morgan fingerprint density at radius 1 is 1.62 bits per heavy atom. The fourth-order valence-electron chi connectivity index (χ4n) is 1.05. The van der Waals surface area contributed by atoms with Crippen LogP contribution in [0.2, 0.25) is 0 Å². The van der Waals surface area contributed by atoms with Crippen molar-refractivity contribution in [1.82, 2.24) is 3.53 Å². The molecule has 1 aromatic heterocycles. The number of allylic oxidation sites excluding steroid dienone is 1. The number of hydrogen-bond acceptors (Lipinski definition) is 3. The molecule has 1 heterocycles. The number of rotatable bonds is 6. The van der Waals surface area contributed by atoms with E-state index < -0.39 is 21.5 Å². The van der Waals surface area contributed by atoms with E-state index in [1.165, 1.54) is 11.3 Å². The Morgan fingerprint density at radius 2 is 2.38 bits per heavy atom. The second-order valence-electron chi connectivity index (χ2n) is 3.34. The molecule has 90 valence electrons. The van der Waals surface area contributed by atoms with E-state index >= 15 is 0 Å². The molecule has 0 fully saturated rings. The number of carbonyl (C=O) groups is 1. The van der Waals surface area contributed by atoms with Gasteiger partial charge in [0.2, 0.25) is 0 Å². The van der Waals surface area contributed by atoms with E-state index in [9.17, 15) is 4.79 Å². The Morgan fingerprint density at radius 3 is 2.94 bits per heavy atom. The van der Waals surface area contributed by atoms with Gasteiger partial charge in [-0.05, 0) is 0 Å². The zero-order valence-electron chi connectivity index (χ0n) is 9.25. The fraction of sp³-hybridized carbons (Fsp3) is 0.364. The summed E-state index contributed by atoms with van der Waals surface area (Å²) in [5.74, 6) is 0.0276. The fourth-order valence-corrected chi connectivity index (χ4v) is 3.57. The molecule has 16 heavy (non-hydrogen) atoms. The third kappa shape index (κ3) is 4.63. The summed E-state index contributed by atoms with van der Waals surface area (Å²) in [4.78, 5) is 13.6. The van der Waals surface area contributed by atoms with Crippen molar-refractivity contribution in [1.29, 1.82) is 0 Å². The van der Waals surface area contributed by atoms with Crippen molar-refractivity contribution in [2.24, 2.45) is 5.73 Å². The van der Waals surface area contributed by atoms with Crippen LogP contribution in [0.1, 0.15) is 27.4 Å². The summed E-state index contributed by atoms with van der Waals surface area (Å²) in [6.45, 7) is 6.62. The van der Waals surface area contributed by atoms with Crippen LogP contribution in [0.25, 0.3) is 0 Å². The van der Waals surface area contributed by atoms with E-state index in [1.807, 2.05) is 19.1 Å². The second kappa shape index (κ2) is 7.03. The minimum atomic E-state index is -0.450. The molecular weight excluding hydrogens is 335 g/mol. The van der Waals surface area contributed by atoms with Gasteiger partial charge in [0.05, 0.1) is 0 Å². The molecule has 3 nitrogen and oxygen atoms in total. The molecule has 3 N–H and O–H groups in total. The average Bonchev–Trinajstić information content (AvgIpc) is 2.69. The van der Waals surface area contributed by atoms with Gasteiger partial charge in [-0.2, -0.15) is 0 Å². The van der Waals surface area contributed by atoms with Gasteiger partial charge in [-0.1, -0.05) is 0 Å². The first-order valence-corrected chi connectivity index (χ1v) is 7.99. The van der Waals surface area contributed by atoms with E-state index in [0.717, 1.165) is 26.2 Å². The zero-order valence-corrected chi connectivity index (χ0v) is 12.2. The van der Waals surface area contributed by atoms with Crippen LogP contribution in [-0.2, 0) is 0 Å². The van der Waals surface area contributed by atoms with Crippen molar-refractivity contribution in [3.8, 4) is 0 Å². The van der Waals surface area contributed by atoms with Gasteiger partial charge in [0, 0.05) is 0 Å². The van der Waals surface area contributed by atoms with Crippen molar-refractivity contribution in [3.63, 3.8) is 0 Å². The van der Waals surface area contributed by atoms with Crippen LogP contribution < -0.4 is 30.7 Å². The molecule has 0 aliphatic carbocycles. The molecule has 0 saturated carbocycles. The number of carbonyl (C=O) groups excluding carboxylic acids is 1. The summed E-state index contributed by atoms with van der Waals surface area (Å²) in [6.07, 6.45) is 1.88. The summed E-state index contributed by atoms with van der Waals surface area (Å²) >= 11 is 1.07. The van der Waals surface area contributed by atoms with Crippen molar-refractivity contribution >= 4 is 17.2 Å². The Hall–Kier alpha value is -0.400. The molecule has 0 aromatic carbocycles. The van der Waals surface area contributed by atoms with Crippen LogP contribution in [0.3, 0.4) is 0 Å². The van der Waals surface area contributed by atoms with Gasteiger partial charge in [-0.3, -0.25) is 0 Å². The first kappa shape index (κ1) is 13.7. The third-order valence-electron chi connectivity index (χ3n) is 1.88. The normalized spacial score (nSPS) is 10.4. The molecule has 0 unspecified atom stereocenters. The number of thiophene rings is 1. The molecule has 0 aliphatic rings. The van der Waals surface area contributed by atoms with E-state index in [1.54, 1.807) is 0 Å². The molecule has 0 spiro atoms. The van der Waals surface area contributed by atoms with Crippen LogP contribution in [0.15, 0.2) is 22.3 Å². The van der Waals surface area contributed by atoms with Gasteiger partial charge in [0.1, 0.15) is 0 Å². The molecule has 5 heteroatoms. The molecule has 1 rings (SSSR count). The van der Waals surface area contributed by atoms with Crippen LogP contribution >= 0.6 is 11.3 Å². The molecule has 1 amide bonds. The first-order chi connectivity index (χ1) is 7.63. The maximum atomic E-state index is 11.7. The van der Waals surface area contributed by atoms with Gasteiger partial charge in [-0.15, -0.1) is 0 Å². The first-order valence-electron chi connectivity index (χ1n) is 5.02. The summed E-state index contributed by atoms with van der Waals surface area (Å²) in [5.41, 5.74) is 5.41. The topological polar surface area (TPSA) is 55.1 Å². The van der Waals surface area contributed by atoms with Crippen LogP contribution in [0, 0.1) is 6.92 Å². The quantitative estimate of drug-likeness (QED) is 0.513. The van der Waals surface area contributed by atoms with Crippen LogP contribution in [-0.4, -0.2) is 12.5 Å². The third-order valence-corrected chi connectivity index (χ3v) is 4.94. The number of nitrogens with two attached hydrogens (primary N) is 1. The average molecular weight is 351 g/mol. The molecule has 0 saturated heterocycles. The monoisotopic (exact) mass is 351 g/mol. The Balaban J connectivity index is 2.33. The van der Waals surface area contributed by atoms with Crippen molar-refractivity contribution in [2.45, 2.75) is 19.8 Å². The van der Waals surface area contributed by atoms with E-state index in [-0.39, 0.29) is 5.91 Å². The van der Waals surface area contributed by atoms with E-state index in [2.05, 4.69) is 10.1 Å². The summed E-state index contributed by atoms with van der Waals surface area (Å²) < 4.78 is 4.09. The molecular formula is C11H16IN2OS-. The maximum absolute atomic E-state index is 11.7. The van der Waals surface area contributed by atoms with Gasteiger partial charge < -0.3 is 0 Å². The number of halogens is 1. The van der Waals surface area contributed by atoms with Crippen molar-refractivity contribution in [2.75, 3.05) is 6.54 Å². The van der Waals surface area contributed by atoms with Crippen LogP contribution in [0.5, 0.6) is 0 Å². The molecule has 0 radical (unpaired) electrons. The van der Waals surface area contributed by atoms with E-state index in [4.69, 9.17) is 5.73 Å². The predicted octanol–water partition coefficient (Wildman–Crippen LogP) is -0.957. The van der Waals surface area contributed by atoms with Gasteiger partial charge in [0.15, 0.2) is 0 Å². The van der Waals surface area contributed by atoms with Crippen LogP contribution in [0.4, 0.5) is 0 Å². The Labute approximate surface area is 111 Å². The summed E-state index contributed by atoms with van der Waals surface area (Å²) in [5, 5.41) is 0. The second-order valence-corrected chi connectivity index (χ2v) is 7.23. The van der Waals surface area contributed by atoms with Gasteiger partial charge in [-0.25, -0.2) is 0 Å². The molecule has 1 aromatic rings. The Bertz CT molecular complexity index is 376. The van der Waals surface area contributed by atoms with E-state index in [0.29, 0.717) is 6.54 Å². The minimum absolute atomic E-state index is 0.0276. The number of amides is 1. The van der Waals surface area contributed by atoms with Gasteiger partial charge in [0.25, 0.3) is 0 Å². The molecule has 0 bridgehead atoms. The van der Waals surface area contributed by atoms with Gasteiger partial charge >= 0.3 is 111 Å². The predicted molar refractivity (Wildman–Crippen MR) is 64.0 cm³/mol. The summed E-state index contributed by atoms with van der Waals surface area (Å²) in [7, 11) is 0. The standard InChI is InChI=1S/C11H16IN2OS/c1-8(4-3-7-13)12-14-11(15)10-6-5-9(2)16-10/h5-6H,1,3-4,7,13H2,2H3,(H,14,15)/q-1. The van der Waals surface area contributed by atoms with Crippen molar-refractivity contribution in [3.05, 3.63) is 32.0 Å². The SMILES string of the molecule is C=C(CCCN)[I-]NC(=O)c1ccc(C)s1. The Kier molecular flexibility index (Phi) is 6.00. The molecule has 0 aliphatic heterocycles. The molecule has 0 atom stereocenters.